The molecule has 0 aromatic heterocycles. The van der Waals surface area contributed by atoms with Crippen molar-refractivity contribution in [2.75, 3.05) is 19.4 Å². The van der Waals surface area contributed by atoms with Crippen molar-refractivity contribution in [1.82, 2.24) is 15.5 Å². The van der Waals surface area contributed by atoms with Crippen molar-refractivity contribution >= 4 is 47.9 Å². The number of halogens is 1. The molecular formula is C35H53FN4O5S. The Morgan fingerprint density at radius 3 is 2.46 bits per heavy atom. The normalized spacial score (nSPS) is 17.9. The molecular weight excluding hydrogens is 607 g/mol. The Kier molecular flexibility index (Phi) is 15.9. The fourth-order valence-corrected chi connectivity index (χ4v) is 5.93. The van der Waals surface area contributed by atoms with E-state index in [-0.39, 0.29) is 24.8 Å². The van der Waals surface area contributed by atoms with Gasteiger partial charge in [0.1, 0.15) is 18.1 Å². The van der Waals surface area contributed by atoms with E-state index in [0.29, 0.717) is 26.0 Å². The third kappa shape index (κ3) is 11.9. The number of thioether (sulfide) groups is 1. The van der Waals surface area contributed by atoms with Crippen LogP contribution in [0.1, 0.15) is 104 Å². The third-order valence-electron chi connectivity index (χ3n) is 8.27. The fourth-order valence-electron chi connectivity index (χ4n) is 5.21. The zero-order valence-electron chi connectivity index (χ0n) is 28.5. The summed E-state index contributed by atoms with van der Waals surface area (Å²) in [6.45, 7) is 15.0. The largest absolute Gasteiger partial charge is 0.493 e. The molecule has 3 rings (SSSR count). The third-order valence-corrected chi connectivity index (χ3v) is 9.21. The van der Waals surface area contributed by atoms with Crippen molar-refractivity contribution in [1.29, 1.82) is 0 Å². The van der Waals surface area contributed by atoms with E-state index in [1.165, 1.54) is 0 Å². The fraction of sp³-hybridized carbons (Fsp3) is 0.629. The number of amides is 3. The molecule has 1 heterocycles. The lowest BCUT2D eigenvalue weighted by Crippen LogP contribution is -2.57. The zero-order chi connectivity index (χ0) is 34.3. The molecule has 256 valence electrons. The van der Waals surface area contributed by atoms with E-state index in [9.17, 15) is 23.6 Å². The Bertz CT molecular complexity index is 1230. The highest BCUT2D eigenvalue weighted by Gasteiger charge is 2.52. The number of allylic oxidation sites excluding steroid dienone is 1. The van der Waals surface area contributed by atoms with Gasteiger partial charge in [-0.3, -0.25) is 19.4 Å². The summed E-state index contributed by atoms with van der Waals surface area (Å²) < 4.78 is 19.8. The number of aliphatic imine (C=N–C) groups is 1. The van der Waals surface area contributed by atoms with E-state index in [2.05, 4.69) is 22.3 Å². The van der Waals surface area contributed by atoms with Crippen LogP contribution in [-0.4, -0.2) is 73.3 Å². The van der Waals surface area contributed by atoms with Crippen molar-refractivity contribution in [3.63, 3.8) is 0 Å². The molecule has 11 heteroatoms. The van der Waals surface area contributed by atoms with Crippen LogP contribution in [0.15, 0.2) is 28.9 Å². The van der Waals surface area contributed by atoms with Crippen LogP contribution in [0.2, 0.25) is 0 Å². The molecule has 46 heavy (non-hydrogen) atoms. The van der Waals surface area contributed by atoms with Crippen LogP contribution >= 0.6 is 11.8 Å². The van der Waals surface area contributed by atoms with Crippen LogP contribution in [0, 0.1) is 5.41 Å². The molecule has 1 saturated carbocycles. The number of alkyl halides is 1. The van der Waals surface area contributed by atoms with Gasteiger partial charge in [-0.1, -0.05) is 45.7 Å². The minimum atomic E-state index is -1.74. The highest BCUT2D eigenvalue weighted by atomic mass is 32.2. The second-order valence-electron chi connectivity index (χ2n) is 13.1. The molecule has 1 aromatic rings. The number of rotatable bonds is 17. The Morgan fingerprint density at radius 1 is 1.22 bits per heavy atom. The average molecular weight is 661 g/mol. The van der Waals surface area contributed by atoms with E-state index in [0.717, 1.165) is 78.8 Å². The van der Waals surface area contributed by atoms with E-state index in [1.54, 1.807) is 11.8 Å². The van der Waals surface area contributed by atoms with Crippen LogP contribution in [0.4, 0.5) is 4.39 Å². The van der Waals surface area contributed by atoms with Crippen molar-refractivity contribution in [2.24, 2.45) is 10.4 Å². The van der Waals surface area contributed by atoms with Gasteiger partial charge in [-0.15, -0.1) is 11.8 Å². The second-order valence-corrected chi connectivity index (χ2v) is 13.9. The minimum Gasteiger partial charge on any atom is -0.493 e. The molecule has 2 unspecified atom stereocenters. The monoisotopic (exact) mass is 660 g/mol. The number of nitrogens with one attached hydrogen (secondary N) is 2. The summed E-state index contributed by atoms with van der Waals surface area (Å²) in [5.74, 6) is 0.0610. The molecule has 2 aliphatic rings. The maximum Gasteiger partial charge on any atom is 0.258 e. The summed E-state index contributed by atoms with van der Waals surface area (Å²) in [6.07, 6.45) is 10.7. The molecule has 0 bridgehead atoms. The van der Waals surface area contributed by atoms with Crippen molar-refractivity contribution in [2.45, 2.75) is 117 Å². The standard InChI is InChI=1S/C20H28N2O3S.C15H25FN2O2/c1-16(21-2)20(26-3)17-9-10-18(14-22-15-24)19(13-17)25-12-8-6-4-5-7-11-23;1-10-6-5-9-18(10)12(19)11(14(2,3)4)17-13(20)15(16)7-8-15/h9-11,13,15H,2,4-8,12,14H2,1,3H3,(H,22,24);10-11H,5-9H2,1-4H3,(H,17,20)/b20-16-;. The lowest BCUT2D eigenvalue weighted by atomic mass is 9.85. The summed E-state index contributed by atoms with van der Waals surface area (Å²) in [5, 5.41) is 5.34. The summed E-state index contributed by atoms with van der Waals surface area (Å²) in [5.41, 5.74) is 0.669. The van der Waals surface area contributed by atoms with Gasteiger partial charge in [-0.25, -0.2) is 4.39 Å². The second kappa shape index (κ2) is 18.8. The molecule has 1 aliphatic heterocycles. The van der Waals surface area contributed by atoms with Crippen LogP contribution in [0.5, 0.6) is 5.75 Å². The van der Waals surface area contributed by atoms with E-state index in [1.807, 2.05) is 64.0 Å². The molecule has 2 atom stereocenters. The van der Waals surface area contributed by atoms with Gasteiger partial charge in [0, 0.05) is 36.0 Å². The SMILES string of the molecule is C=N/C(C)=C(\SC)c1ccc(CNC=O)c(OCCCCCCC=O)c1.CC1CCCN1C(=O)C(NC(=O)C1(F)CC1)C(C)(C)C. The first kappa shape index (κ1) is 39.0. The summed E-state index contributed by atoms with van der Waals surface area (Å²) in [6, 6.07) is 5.51. The number of unbranched alkanes of at least 4 members (excludes halogenated alkanes) is 4. The van der Waals surface area contributed by atoms with Gasteiger partial charge in [0.05, 0.1) is 12.3 Å². The number of benzene rings is 1. The molecule has 1 aliphatic carbocycles. The maximum absolute atomic E-state index is 13.8. The predicted molar refractivity (Wildman–Crippen MR) is 185 cm³/mol. The number of hydrogen-bond acceptors (Lipinski definition) is 7. The van der Waals surface area contributed by atoms with Crippen LogP contribution in [0.25, 0.3) is 4.91 Å². The van der Waals surface area contributed by atoms with E-state index < -0.39 is 23.0 Å². The van der Waals surface area contributed by atoms with Gasteiger partial charge >= 0.3 is 0 Å². The highest BCUT2D eigenvalue weighted by Crippen LogP contribution is 2.40. The Labute approximate surface area is 278 Å². The van der Waals surface area contributed by atoms with Gasteiger partial charge in [-0.2, -0.15) is 0 Å². The van der Waals surface area contributed by atoms with Crippen molar-refractivity contribution in [3.8, 4) is 5.75 Å². The highest BCUT2D eigenvalue weighted by molar-refractivity contribution is 8.07. The Hall–Kier alpha value is -3.21. The van der Waals surface area contributed by atoms with Crippen molar-refractivity contribution < 1.29 is 28.3 Å². The topological polar surface area (TPSA) is 117 Å². The molecule has 1 saturated heterocycles. The quantitative estimate of drug-likeness (QED) is 0.116. The summed E-state index contributed by atoms with van der Waals surface area (Å²) in [4.78, 5) is 52.4. The van der Waals surface area contributed by atoms with E-state index in [4.69, 9.17) is 4.74 Å². The average Bonchev–Trinajstić information content (AvgIpc) is 3.64. The van der Waals surface area contributed by atoms with E-state index >= 15 is 0 Å². The van der Waals surface area contributed by atoms with Crippen LogP contribution < -0.4 is 15.4 Å². The smallest absolute Gasteiger partial charge is 0.258 e. The number of aldehydes is 1. The maximum atomic E-state index is 13.8. The predicted octanol–water partition coefficient (Wildman–Crippen LogP) is 6.24. The number of carbonyl (C=O) groups excluding carboxylic acids is 4. The number of nitrogens with zero attached hydrogens (tertiary/aromatic N) is 2. The molecule has 0 radical (unpaired) electrons. The molecule has 3 amide bonds. The lowest BCUT2D eigenvalue weighted by molar-refractivity contribution is -0.141. The minimum absolute atomic E-state index is 0.0832. The van der Waals surface area contributed by atoms with Crippen molar-refractivity contribution in [3.05, 3.63) is 35.0 Å². The number of hydrogen-bond donors (Lipinski definition) is 2. The van der Waals surface area contributed by atoms with Gasteiger partial charge in [0.25, 0.3) is 5.91 Å². The van der Waals surface area contributed by atoms with Crippen LogP contribution in [-0.2, 0) is 25.7 Å². The first-order chi connectivity index (χ1) is 21.8. The summed E-state index contributed by atoms with van der Waals surface area (Å²) >= 11 is 1.62. The summed E-state index contributed by atoms with van der Waals surface area (Å²) in [7, 11) is 0. The number of carbonyl (C=O) groups is 4. The molecule has 2 fully saturated rings. The zero-order valence-corrected chi connectivity index (χ0v) is 29.3. The lowest BCUT2D eigenvalue weighted by Gasteiger charge is -2.35. The van der Waals surface area contributed by atoms with Gasteiger partial charge in [0.15, 0.2) is 5.67 Å². The number of likely N-dealkylation sites (tertiary alicyclic amines) is 1. The Morgan fingerprint density at radius 2 is 1.91 bits per heavy atom. The number of ether oxygens (including phenoxy) is 1. The molecule has 9 nitrogen and oxygen atoms in total. The Balaban J connectivity index is 0.000000330. The first-order valence-electron chi connectivity index (χ1n) is 16.2. The van der Waals surface area contributed by atoms with Crippen LogP contribution in [0.3, 0.4) is 0 Å². The first-order valence-corrected chi connectivity index (χ1v) is 17.4. The van der Waals surface area contributed by atoms with Gasteiger partial charge in [0.2, 0.25) is 12.3 Å². The molecule has 1 aromatic carbocycles. The van der Waals surface area contributed by atoms with Gasteiger partial charge in [-0.05, 0) is 82.4 Å². The molecule has 2 N–H and O–H groups in total. The molecule has 0 spiro atoms. The van der Waals surface area contributed by atoms with Gasteiger partial charge < -0.3 is 25.1 Å².